The average Bonchev–Trinajstić information content (AvgIpc) is 1.76. The minimum absolute atomic E-state index is 0.0465. The number of carbonyl (C=O) groups is 12. The lowest BCUT2D eigenvalue weighted by molar-refractivity contribution is -0.170. The molecule has 0 aliphatic carbocycles. The third kappa shape index (κ3) is 42.9. The Hall–Kier alpha value is -7.62. The molecule has 2 aliphatic heterocycles. The number of nitrogens with zero attached hydrogens (tertiary/aromatic N) is 4. The van der Waals surface area contributed by atoms with E-state index in [1.165, 1.54) is 49.8 Å². The number of likely N-dealkylation sites (N-methyl/N-ethyl adjacent to an activating group) is 2. The van der Waals surface area contributed by atoms with Crippen LogP contribution in [0.25, 0.3) is 0 Å². The Morgan fingerprint density at radius 2 is 0.920 bits per heavy atom. The molecule has 2 heterocycles. The first-order chi connectivity index (χ1) is 57.8. The van der Waals surface area contributed by atoms with E-state index in [0.717, 1.165) is 17.7 Å². The average molecular weight is 1840 g/mol. The number of alkyl carbamates (subject to hydrolysis) is 2. The maximum absolute atomic E-state index is 14.1. The maximum atomic E-state index is 14.1. The highest BCUT2D eigenvalue weighted by atomic mass is 32.0. The molecule has 2 unspecified atom stereocenters. The number of hydrogen-bond donors (Lipinski definition) is 3. The normalized spacial score (nSPS) is 17.1. The molecule has 0 bridgehead atoms. The molecule has 712 valence electrons. The molecule has 2 saturated heterocycles. The first-order valence-electron chi connectivity index (χ1n) is 43.5. The van der Waals surface area contributed by atoms with Gasteiger partial charge in [-0.1, -0.05) is 140 Å². The summed E-state index contributed by atoms with van der Waals surface area (Å²) in [6.45, 7) is 48.7. The number of nitrogens with one attached hydrogen (secondary N) is 2. The van der Waals surface area contributed by atoms with Crippen LogP contribution in [0.3, 0.4) is 0 Å². The van der Waals surface area contributed by atoms with Gasteiger partial charge in [0.2, 0.25) is 29.7 Å². The van der Waals surface area contributed by atoms with Crippen LogP contribution in [0.5, 0.6) is 11.5 Å². The fraction of sp³-hybridized carbons (Fsp3) is 0.730. The fourth-order valence-electron chi connectivity index (χ4n) is 13.4. The summed E-state index contributed by atoms with van der Waals surface area (Å²) < 4.78 is 77.2. The summed E-state index contributed by atoms with van der Waals surface area (Å²) in [7, 11) is 2.73. The quantitative estimate of drug-likeness (QED) is 0.0138. The van der Waals surface area contributed by atoms with Crippen LogP contribution < -0.4 is 25.8 Å². The van der Waals surface area contributed by atoms with E-state index in [9.17, 15) is 61.7 Å². The van der Waals surface area contributed by atoms with Crippen molar-refractivity contribution < 1.29 is 118 Å². The second-order valence-electron chi connectivity index (χ2n) is 38.4. The number of ether oxygens (including phenoxy) is 11. The fourth-order valence-corrected chi connectivity index (χ4v) is 15.5. The second-order valence-corrected chi connectivity index (χ2v) is 51.6. The largest absolute Gasteiger partial charge is 0.497 e. The molecule has 0 aromatic heterocycles. The highest BCUT2D eigenvalue weighted by Gasteiger charge is 2.45. The van der Waals surface area contributed by atoms with Gasteiger partial charge in [-0.15, -0.1) is 0 Å². The van der Waals surface area contributed by atoms with Crippen LogP contribution in [0.1, 0.15) is 188 Å². The van der Waals surface area contributed by atoms with Crippen molar-refractivity contribution in [1.29, 1.82) is 0 Å². The van der Waals surface area contributed by atoms with Gasteiger partial charge in [0.1, 0.15) is 59.1 Å². The molecule has 0 spiro atoms. The summed E-state index contributed by atoms with van der Waals surface area (Å²) >= 11 is 0. The number of rotatable bonds is 44. The number of carbonyl (C=O) groups excluding carboxylic acids is 12. The van der Waals surface area contributed by atoms with E-state index >= 15 is 0 Å². The predicted octanol–water partition coefficient (Wildman–Crippen LogP) is 14.0. The molecule has 0 radical (unpaired) electrons. The van der Waals surface area contributed by atoms with Crippen LogP contribution >= 0.6 is 17.1 Å². The van der Waals surface area contributed by atoms with Crippen molar-refractivity contribution in [3.8, 4) is 11.5 Å². The Morgan fingerprint density at radius 1 is 0.544 bits per heavy atom. The lowest BCUT2D eigenvalue weighted by Crippen LogP contribution is -2.56. The van der Waals surface area contributed by atoms with Crippen LogP contribution in [0.15, 0.2) is 48.5 Å². The summed E-state index contributed by atoms with van der Waals surface area (Å²) in [6.07, 6.45) is -1.69. The molecule has 6 amide bonds. The summed E-state index contributed by atoms with van der Waals surface area (Å²) in [4.78, 5) is 165. The van der Waals surface area contributed by atoms with E-state index in [1.54, 1.807) is 125 Å². The molecule has 2 aliphatic rings. The lowest BCUT2D eigenvalue weighted by Gasteiger charge is -2.34. The van der Waals surface area contributed by atoms with E-state index in [4.69, 9.17) is 57.8 Å². The molecule has 0 saturated carbocycles. The molecule has 15 atom stereocenters. The summed E-state index contributed by atoms with van der Waals surface area (Å²) in [6, 6.07) is 8.27. The Balaban J connectivity index is 0.000000691. The van der Waals surface area contributed by atoms with Gasteiger partial charge in [0.25, 0.3) is 8.15 Å². The monoisotopic (exact) mass is 1840 g/mol. The van der Waals surface area contributed by atoms with Gasteiger partial charge in [0.15, 0.2) is 25.7 Å². The number of methoxy groups -OCH3 is 2. The van der Waals surface area contributed by atoms with Gasteiger partial charge in [-0.3, -0.25) is 24.0 Å². The minimum Gasteiger partial charge on any atom is -0.497 e. The van der Waals surface area contributed by atoms with Crippen molar-refractivity contribution in [3.05, 3.63) is 59.7 Å². The van der Waals surface area contributed by atoms with Gasteiger partial charge in [0, 0.05) is 87.6 Å². The summed E-state index contributed by atoms with van der Waals surface area (Å²) in [5.74, 6) is -3.70. The molecule has 4 rings (SSSR count). The van der Waals surface area contributed by atoms with Crippen LogP contribution in [0.4, 0.5) is 13.8 Å². The van der Waals surface area contributed by atoms with E-state index < -0.39 is 150 Å². The summed E-state index contributed by atoms with van der Waals surface area (Å²) in [5.41, 5.74) is 5.90. The number of nitrogens with two attached hydrogens (primary N) is 1. The number of likely N-dealkylation sites (tertiary alicyclic amines) is 2. The minimum atomic E-state index is -2.38. The van der Waals surface area contributed by atoms with Gasteiger partial charge < -0.3 is 92.6 Å². The third-order valence-corrected chi connectivity index (χ3v) is 25.0. The molecular formula is C89H152FN7O24P2Si2. The topological polar surface area (TPSA) is 379 Å². The van der Waals surface area contributed by atoms with Crippen LogP contribution in [-0.4, -0.2) is 247 Å². The number of esters is 5. The van der Waals surface area contributed by atoms with Crippen molar-refractivity contribution in [2.24, 2.45) is 47.2 Å². The highest BCUT2D eigenvalue weighted by Crippen LogP contribution is 2.47. The molecule has 2 fully saturated rings. The van der Waals surface area contributed by atoms with Crippen LogP contribution in [-0.2, 0) is 108 Å². The Bertz CT molecular complexity index is 3520. The van der Waals surface area contributed by atoms with Crippen LogP contribution in [0.2, 0.25) is 51.4 Å². The molecule has 36 heteroatoms. The van der Waals surface area contributed by atoms with Gasteiger partial charge in [0.05, 0.1) is 20.3 Å². The Morgan fingerprint density at radius 3 is 1.25 bits per heavy atom. The number of benzene rings is 2. The lowest BCUT2D eigenvalue weighted by atomic mass is 9.84. The van der Waals surface area contributed by atoms with E-state index in [0.29, 0.717) is 99.6 Å². The third-order valence-electron chi connectivity index (χ3n) is 20.9. The van der Waals surface area contributed by atoms with Crippen molar-refractivity contribution >= 4 is 105 Å². The molecule has 2 aromatic carbocycles. The van der Waals surface area contributed by atoms with Gasteiger partial charge >= 0.3 is 48.0 Å². The summed E-state index contributed by atoms with van der Waals surface area (Å²) in [5, 5.41) is 4.96. The van der Waals surface area contributed by atoms with Crippen molar-refractivity contribution in [2.45, 2.75) is 313 Å². The number of amides is 6. The molecule has 4 N–H and O–H groups in total. The Labute approximate surface area is 748 Å². The second kappa shape index (κ2) is 54.0. The van der Waals surface area contributed by atoms with Crippen molar-refractivity contribution in [3.63, 3.8) is 0 Å². The van der Waals surface area contributed by atoms with Crippen molar-refractivity contribution in [2.75, 3.05) is 68.2 Å². The highest BCUT2D eigenvalue weighted by molar-refractivity contribution is 8.08. The van der Waals surface area contributed by atoms with Gasteiger partial charge in [-0.2, -0.15) is 4.20 Å². The smallest absolute Gasteiger partial charge is 0.408 e. The zero-order valence-corrected chi connectivity index (χ0v) is 84.1. The van der Waals surface area contributed by atoms with E-state index in [2.05, 4.69) is 89.1 Å². The molecular weight excluding hydrogens is 1690 g/mol. The van der Waals surface area contributed by atoms with E-state index in [-0.39, 0.29) is 74.2 Å². The van der Waals surface area contributed by atoms with Gasteiger partial charge in [-0.25, -0.2) is 33.6 Å². The first-order valence-corrected chi connectivity index (χ1v) is 53.7. The number of hydrogen-bond acceptors (Lipinski definition) is 25. The standard InChI is InChI=1S/C38H63N3O10Si.C37H62N4O10Si.C14H27FO4P2/c1-25(2)22-26(3)33(42)41-19-13-14-30(41)34(43)40(8)31(23-28-15-17-29(47-9)18-16-28)35(44)50-27(4)32(39-37(46)51-38(5,6)7)36(45)49-24-48-20-21-52(10,11)12;1-24(2)21-28(38)32(42)41-18-12-13-29(41)33(43)40(7)30(22-26-14-16-27(47-8)17-15-26)34(44)50-25(3)31(39-36(46)51-37(4,5)6)35(45)49-23-48-19-20-52(9,10)11;1-8(2)11(6)10(5)7-12(16)18-13(9(3)4)14(17)19-21(15)20/h15-18,25-27,30-32H,13-14,19-24H2,1-12H3,(H,39,46);14-17,24-25,28-31H,12-13,18-23,38H2,1-11H3,(H,39,46);8-11,13H,7,20H2,1-6H3/t26-,27+,30-,31-,32-;25-,28+,29+,30+,31+;10-,11+,13-,21?/m010/s1. The molecule has 31 nitrogen and oxygen atoms in total. The van der Waals surface area contributed by atoms with E-state index in [1.807, 2.05) is 27.7 Å². The number of halogens is 1. The first kappa shape index (κ1) is 113. The van der Waals surface area contributed by atoms with Crippen molar-refractivity contribution in [1.82, 2.24) is 30.2 Å². The maximum Gasteiger partial charge on any atom is 0.408 e. The van der Waals surface area contributed by atoms with Gasteiger partial charge in [-0.05, 0) is 180 Å². The molecule has 125 heavy (non-hydrogen) atoms. The zero-order valence-electron chi connectivity index (χ0n) is 80.0. The SMILES string of the molecule is CC(C)[C@H](OC(=O)C[C@H](C)[C@H](C)C(C)C)C(=O)OP(F)P.COc1ccc(C[C@@H](C(=O)O[C@H](C)[C@H](NC(=O)OC(C)(C)C)C(=O)OCOCC[Si](C)(C)C)N(C)C(=O)[C@@H]2CCCN2C(=O)[C@@H](C)CC(C)C)cc1.COc1ccc(C[C@@H](C(=O)O[C@H](C)[C@H](NC(=O)OC(C)(C)C)C(=O)OCOCC[Si](C)(C)C)N(C)C(=O)[C@@H]2CCCN2C(=O)[C@@H](N)CC(C)C)cc1. The zero-order chi connectivity index (χ0) is 95.5. The predicted molar refractivity (Wildman–Crippen MR) is 486 cm³/mol. The Kier molecular flexibility index (Phi) is 49.0. The molecule has 2 aromatic rings. The van der Waals surface area contributed by atoms with Crippen LogP contribution in [0, 0.1) is 41.4 Å².